The van der Waals surface area contributed by atoms with Gasteiger partial charge in [0, 0.05) is 25.5 Å². The van der Waals surface area contributed by atoms with Crippen LogP contribution in [0.2, 0.25) is 0 Å². The molecule has 1 fully saturated rings. The summed E-state index contributed by atoms with van der Waals surface area (Å²) in [7, 11) is 2.13. The zero-order chi connectivity index (χ0) is 15.9. The summed E-state index contributed by atoms with van der Waals surface area (Å²) in [6, 6.07) is 10.5. The zero-order valence-corrected chi connectivity index (χ0v) is 13.7. The molecule has 0 aliphatic carbocycles. The third-order valence-electron chi connectivity index (χ3n) is 4.13. The molecule has 2 aromatic rings. The van der Waals surface area contributed by atoms with Gasteiger partial charge in [-0.2, -0.15) is 0 Å². The van der Waals surface area contributed by atoms with Crippen LogP contribution in [-0.2, 0) is 22.6 Å². The lowest BCUT2D eigenvalue weighted by Crippen LogP contribution is -2.32. The summed E-state index contributed by atoms with van der Waals surface area (Å²) in [6.45, 7) is 4.85. The molecule has 0 N–H and O–H groups in total. The van der Waals surface area contributed by atoms with Gasteiger partial charge in [0.25, 0.3) is 0 Å². The first-order valence-corrected chi connectivity index (χ1v) is 8.23. The van der Waals surface area contributed by atoms with Crippen LogP contribution in [0.4, 0.5) is 0 Å². The van der Waals surface area contributed by atoms with Crippen LogP contribution in [0.5, 0.6) is 0 Å². The molecule has 0 saturated carbocycles. The van der Waals surface area contributed by atoms with E-state index in [0.717, 1.165) is 51.7 Å². The molecule has 1 aliphatic heterocycles. The topological polar surface area (TPSA) is 39.5 Å². The molecule has 5 nitrogen and oxygen atoms in total. The van der Waals surface area contributed by atoms with Gasteiger partial charge in [-0.05, 0) is 19.0 Å². The van der Waals surface area contributed by atoms with Crippen LogP contribution >= 0.6 is 0 Å². The summed E-state index contributed by atoms with van der Waals surface area (Å²) in [5.74, 6) is 1.09. The maximum atomic E-state index is 5.69. The minimum Gasteiger partial charge on any atom is -0.376 e. The van der Waals surface area contributed by atoms with E-state index in [1.807, 2.05) is 18.5 Å². The monoisotopic (exact) mass is 315 g/mol. The van der Waals surface area contributed by atoms with Crippen LogP contribution in [-0.4, -0.2) is 54.0 Å². The molecule has 23 heavy (non-hydrogen) atoms. The number of nitrogens with zero attached hydrogens (tertiary/aromatic N) is 3. The highest BCUT2D eigenvalue weighted by molar-refractivity contribution is 5.15. The van der Waals surface area contributed by atoms with E-state index in [1.54, 1.807) is 0 Å². The first-order valence-electron chi connectivity index (χ1n) is 8.23. The molecule has 1 saturated heterocycles. The highest BCUT2D eigenvalue weighted by Gasteiger charge is 2.15. The quantitative estimate of drug-likeness (QED) is 0.785. The van der Waals surface area contributed by atoms with Crippen LogP contribution in [0, 0.1) is 0 Å². The van der Waals surface area contributed by atoms with E-state index in [0.29, 0.717) is 0 Å². The van der Waals surface area contributed by atoms with Gasteiger partial charge in [-0.15, -0.1) is 0 Å². The van der Waals surface area contributed by atoms with Crippen molar-refractivity contribution in [1.29, 1.82) is 0 Å². The Morgan fingerprint density at radius 1 is 1.26 bits per heavy atom. The smallest absolute Gasteiger partial charge is 0.123 e. The molecular weight excluding hydrogens is 290 g/mol. The number of ether oxygens (including phenoxy) is 2. The van der Waals surface area contributed by atoms with Crippen molar-refractivity contribution < 1.29 is 9.47 Å². The van der Waals surface area contributed by atoms with E-state index in [2.05, 4.69) is 45.8 Å². The number of aromatic nitrogens is 2. The van der Waals surface area contributed by atoms with Gasteiger partial charge >= 0.3 is 0 Å². The predicted octanol–water partition coefficient (Wildman–Crippen LogP) is 2.17. The SMILES string of the molecule is CN(CCC1COCCO1)Cc1nccn1Cc1ccccc1. The number of rotatable bonds is 7. The Bertz CT molecular complexity index is 579. The first-order chi connectivity index (χ1) is 11.3. The summed E-state index contributed by atoms with van der Waals surface area (Å²) in [5, 5.41) is 0. The molecule has 1 unspecified atom stereocenters. The lowest BCUT2D eigenvalue weighted by molar-refractivity contribution is -0.0924. The summed E-state index contributed by atoms with van der Waals surface area (Å²) >= 11 is 0. The fourth-order valence-corrected chi connectivity index (χ4v) is 2.80. The molecule has 1 atom stereocenters. The third kappa shape index (κ3) is 4.89. The molecule has 1 aliphatic rings. The van der Waals surface area contributed by atoms with Gasteiger partial charge in [-0.3, -0.25) is 4.90 Å². The van der Waals surface area contributed by atoms with Gasteiger partial charge in [0.1, 0.15) is 5.82 Å². The summed E-state index contributed by atoms with van der Waals surface area (Å²) in [6.07, 6.45) is 5.16. The second-order valence-electron chi connectivity index (χ2n) is 6.05. The Balaban J connectivity index is 1.50. The lowest BCUT2D eigenvalue weighted by Gasteiger charge is -2.25. The molecule has 3 rings (SSSR count). The van der Waals surface area contributed by atoms with E-state index in [4.69, 9.17) is 9.47 Å². The first kappa shape index (κ1) is 16.2. The number of benzene rings is 1. The van der Waals surface area contributed by atoms with Crippen molar-refractivity contribution in [2.45, 2.75) is 25.6 Å². The predicted molar refractivity (Wildman–Crippen MR) is 89.3 cm³/mol. The number of hydrogen-bond donors (Lipinski definition) is 0. The molecular formula is C18H25N3O2. The standard InChI is InChI=1S/C18H25N3O2/c1-20(9-7-17-15-22-11-12-23-17)14-18-19-8-10-21(18)13-16-5-3-2-4-6-16/h2-6,8,10,17H,7,9,11-15H2,1H3. The van der Waals surface area contributed by atoms with Gasteiger partial charge in [0.15, 0.2) is 0 Å². The van der Waals surface area contributed by atoms with Gasteiger partial charge in [0.05, 0.1) is 32.5 Å². The Kier molecular flexibility index (Phi) is 5.80. The maximum Gasteiger partial charge on any atom is 0.123 e. The van der Waals surface area contributed by atoms with Crippen molar-refractivity contribution >= 4 is 0 Å². The number of imidazole rings is 1. The zero-order valence-electron chi connectivity index (χ0n) is 13.7. The molecule has 0 bridgehead atoms. The van der Waals surface area contributed by atoms with Crippen molar-refractivity contribution in [3.8, 4) is 0 Å². The summed E-state index contributed by atoms with van der Waals surface area (Å²) in [5.41, 5.74) is 1.29. The highest BCUT2D eigenvalue weighted by atomic mass is 16.6. The van der Waals surface area contributed by atoms with Gasteiger partial charge < -0.3 is 14.0 Å². The van der Waals surface area contributed by atoms with Crippen molar-refractivity contribution in [2.24, 2.45) is 0 Å². The largest absolute Gasteiger partial charge is 0.376 e. The second-order valence-corrected chi connectivity index (χ2v) is 6.05. The number of hydrogen-bond acceptors (Lipinski definition) is 4. The Morgan fingerprint density at radius 2 is 2.13 bits per heavy atom. The fraction of sp³-hybridized carbons (Fsp3) is 0.500. The van der Waals surface area contributed by atoms with Gasteiger partial charge in [0.2, 0.25) is 0 Å². The fourth-order valence-electron chi connectivity index (χ4n) is 2.80. The Morgan fingerprint density at radius 3 is 2.91 bits per heavy atom. The minimum absolute atomic E-state index is 0.232. The van der Waals surface area contributed by atoms with E-state index >= 15 is 0 Å². The van der Waals surface area contributed by atoms with Crippen LogP contribution in [0.25, 0.3) is 0 Å². The van der Waals surface area contributed by atoms with Crippen LogP contribution < -0.4 is 0 Å². The normalized spacial score (nSPS) is 18.4. The molecule has 1 aromatic carbocycles. The summed E-state index contributed by atoms with van der Waals surface area (Å²) in [4.78, 5) is 6.81. The molecule has 0 spiro atoms. The molecule has 2 heterocycles. The highest BCUT2D eigenvalue weighted by Crippen LogP contribution is 2.10. The van der Waals surface area contributed by atoms with Gasteiger partial charge in [-0.1, -0.05) is 30.3 Å². The van der Waals surface area contributed by atoms with Crippen LogP contribution in [0.15, 0.2) is 42.7 Å². The van der Waals surface area contributed by atoms with Crippen molar-refractivity contribution in [1.82, 2.24) is 14.5 Å². The Labute approximate surface area is 137 Å². The van der Waals surface area contributed by atoms with E-state index in [1.165, 1.54) is 5.56 Å². The summed E-state index contributed by atoms with van der Waals surface area (Å²) < 4.78 is 13.4. The lowest BCUT2D eigenvalue weighted by atomic mass is 10.2. The van der Waals surface area contributed by atoms with Crippen LogP contribution in [0.3, 0.4) is 0 Å². The molecule has 124 valence electrons. The maximum absolute atomic E-state index is 5.69. The van der Waals surface area contributed by atoms with Crippen molar-refractivity contribution in [3.05, 3.63) is 54.1 Å². The Hall–Kier alpha value is -1.69. The van der Waals surface area contributed by atoms with E-state index < -0.39 is 0 Å². The van der Waals surface area contributed by atoms with Crippen LogP contribution in [0.1, 0.15) is 17.8 Å². The average Bonchev–Trinajstić information content (AvgIpc) is 3.02. The van der Waals surface area contributed by atoms with Crippen molar-refractivity contribution in [3.63, 3.8) is 0 Å². The van der Waals surface area contributed by atoms with Gasteiger partial charge in [-0.25, -0.2) is 4.98 Å². The third-order valence-corrected chi connectivity index (χ3v) is 4.13. The van der Waals surface area contributed by atoms with E-state index in [-0.39, 0.29) is 6.10 Å². The average molecular weight is 315 g/mol. The second kappa shape index (κ2) is 8.24. The minimum atomic E-state index is 0.232. The molecule has 0 amide bonds. The van der Waals surface area contributed by atoms with E-state index in [9.17, 15) is 0 Å². The van der Waals surface area contributed by atoms with Crippen molar-refractivity contribution in [2.75, 3.05) is 33.4 Å². The molecule has 5 heteroatoms. The molecule has 1 aromatic heterocycles. The molecule has 0 radical (unpaired) electrons.